The van der Waals surface area contributed by atoms with Crippen molar-refractivity contribution in [1.82, 2.24) is 4.57 Å². The highest BCUT2D eigenvalue weighted by Gasteiger charge is 2.10. The fourth-order valence-electron chi connectivity index (χ4n) is 1.69. The molecule has 0 amide bonds. The fraction of sp³-hybridized carbons (Fsp3) is 0.545. The number of ether oxygens (including phenoxy) is 1. The average molecular weight is 195 g/mol. The van der Waals surface area contributed by atoms with E-state index >= 15 is 0 Å². The molecule has 0 aromatic carbocycles. The van der Waals surface area contributed by atoms with Crippen molar-refractivity contribution >= 4 is 5.97 Å². The second-order valence-corrected chi connectivity index (χ2v) is 3.64. The Hall–Kier alpha value is -1.25. The molecule has 0 radical (unpaired) electrons. The molecule has 0 bridgehead atoms. The van der Waals surface area contributed by atoms with Gasteiger partial charge in [-0.1, -0.05) is 0 Å². The van der Waals surface area contributed by atoms with Crippen LogP contribution in [0.25, 0.3) is 0 Å². The minimum atomic E-state index is -0.223. The van der Waals surface area contributed by atoms with Gasteiger partial charge in [-0.25, -0.2) is 0 Å². The van der Waals surface area contributed by atoms with Gasteiger partial charge in [-0.2, -0.15) is 0 Å². The minimum absolute atomic E-state index is 0.203. The number of aromatic nitrogens is 1. The highest BCUT2D eigenvalue weighted by molar-refractivity contribution is 5.65. The zero-order valence-corrected chi connectivity index (χ0v) is 9.20. The maximum atomic E-state index is 10.7. The molecule has 0 saturated heterocycles. The quantitative estimate of drug-likeness (QED) is 0.692. The Kier molecular flexibility index (Phi) is 3.33. The number of carbonyl (C=O) groups is 1. The Morgan fingerprint density at radius 2 is 1.93 bits per heavy atom. The van der Waals surface area contributed by atoms with Gasteiger partial charge in [0, 0.05) is 18.3 Å². The number of nitrogens with zero attached hydrogens (tertiary/aromatic N) is 1. The van der Waals surface area contributed by atoms with Crippen LogP contribution in [0.2, 0.25) is 0 Å². The number of esters is 1. The molecule has 78 valence electrons. The first kappa shape index (κ1) is 10.8. The van der Waals surface area contributed by atoms with Gasteiger partial charge in [-0.05, 0) is 32.9 Å². The lowest BCUT2D eigenvalue weighted by Gasteiger charge is -2.17. The van der Waals surface area contributed by atoms with Crippen LogP contribution in [0.5, 0.6) is 0 Å². The summed E-state index contributed by atoms with van der Waals surface area (Å²) >= 11 is 0. The molecule has 0 N–H and O–H groups in total. The van der Waals surface area contributed by atoms with Gasteiger partial charge in [-0.15, -0.1) is 0 Å². The first-order chi connectivity index (χ1) is 6.52. The molecular weight excluding hydrogens is 178 g/mol. The van der Waals surface area contributed by atoms with Crippen LogP contribution in [0, 0.1) is 13.8 Å². The molecule has 14 heavy (non-hydrogen) atoms. The molecule has 0 aliphatic rings. The van der Waals surface area contributed by atoms with Crippen molar-refractivity contribution in [3.8, 4) is 0 Å². The second kappa shape index (κ2) is 4.31. The summed E-state index contributed by atoms with van der Waals surface area (Å²) in [5, 5.41) is 0. The van der Waals surface area contributed by atoms with E-state index in [9.17, 15) is 4.79 Å². The van der Waals surface area contributed by atoms with E-state index in [1.165, 1.54) is 18.3 Å². The van der Waals surface area contributed by atoms with Gasteiger partial charge in [0.15, 0.2) is 0 Å². The summed E-state index contributed by atoms with van der Waals surface area (Å²) < 4.78 is 7.15. The third-order valence-corrected chi connectivity index (χ3v) is 2.29. The fourth-order valence-corrected chi connectivity index (χ4v) is 1.69. The Labute approximate surface area is 84.7 Å². The van der Waals surface area contributed by atoms with Crippen molar-refractivity contribution in [2.75, 3.05) is 6.61 Å². The Bertz CT molecular complexity index is 309. The van der Waals surface area contributed by atoms with Gasteiger partial charge >= 0.3 is 5.97 Å². The summed E-state index contributed by atoms with van der Waals surface area (Å²) in [4.78, 5) is 10.7. The molecule has 0 fully saturated rings. The van der Waals surface area contributed by atoms with Crippen molar-refractivity contribution in [2.45, 2.75) is 33.7 Å². The molecule has 0 unspecified atom stereocenters. The second-order valence-electron chi connectivity index (χ2n) is 3.64. The normalized spacial score (nSPS) is 12.6. The predicted molar refractivity (Wildman–Crippen MR) is 55.3 cm³/mol. The molecule has 1 rings (SSSR count). The molecule has 1 aromatic heterocycles. The van der Waals surface area contributed by atoms with E-state index in [4.69, 9.17) is 4.74 Å². The number of hydrogen-bond donors (Lipinski definition) is 0. The van der Waals surface area contributed by atoms with E-state index < -0.39 is 0 Å². The van der Waals surface area contributed by atoms with E-state index in [2.05, 4.69) is 30.5 Å². The van der Waals surface area contributed by atoms with E-state index in [-0.39, 0.29) is 12.0 Å². The molecule has 1 heterocycles. The molecule has 3 nitrogen and oxygen atoms in total. The highest BCUT2D eigenvalue weighted by atomic mass is 16.5. The van der Waals surface area contributed by atoms with Crippen molar-refractivity contribution in [3.05, 3.63) is 23.5 Å². The van der Waals surface area contributed by atoms with E-state index in [1.807, 2.05) is 6.92 Å². The molecule has 3 heteroatoms. The van der Waals surface area contributed by atoms with Gasteiger partial charge < -0.3 is 9.30 Å². The van der Waals surface area contributed by atoms with E-state index in [0.29, 0.717) is 6.61 Å². The minimum Gasteiger partial charge on any atom is -0.464 e. The molecule has 0 aliphatic carbocycles. The van der Waals surface area contributed by atoms with E-state index in [1.54, 1.807) is 0 Å². The van der Waals surface area contributed by atoms with Crippen LogP contribution in [0.3, 0.4) is 0 Å². The lowest BCUT2D eigenvalue weighted by molar-refractivity contribution is -0.141. The Morgan fingerprint density at radius 3 is 2.36 bits per heavy atom. The van der Waals surface area contributed by atoms with Crippen LogP contribution in [0.1, 0.15) is 31.3 Å². The van der Waals surface area contributed by atoms with Crippen molar-refractivity contribution < 1.29 is 9.53 Å². The molecule has 1 aromatic rings. The first-order valence-electron chi connectivity index (χ1n) is 4.80. The average Bonchev–Trinajstić information content (AvgIpc) is 2.42. The highest BCUT2D eigenvalue weighted by Crippen LogP contribution is 2.15. The van der Waals surface area contributed by atoms with Crippen LogP contribution >= 0.6 is 0 Å². The third kappa shape index (κ3) is 2.37. The van der Waals surface area contributed by atoms with Crippen LogP contribution in [-0.2, 0) is 9.53 Å². The van der Waals surface area contributed by atoms with Gasteiger partial charge in [0.2, 0.25) is 0 Å². The van der Waals surface area contributed by atoms with Gasteiger partial charge in [0.25, 0.3) is 0 Å². The van der Waals surface area contributed by atoms with Gasteiger partial charge in [-0.3, -0.25) is 4.79 Å². The maximum Gasteiger partial charge on any atom is 0.302 e. The topological polar surface area (TPSA) is 31.2 Å². The monoisotopic (exact) mass is 195 g/mol. The smallest absolute Gasteiger partial charge is 0.302 e. The number of hydrogen-bond acceptors (Lipinski definition) is 2. The molecule has 0 aliphatic heterocycles. The van der Waals surface area contributed by atoms with Crippen LogP contribution in [0.4, 0.5) is 0 Å². The number of aryl methyl sites for hydroxylation is 2. The summed E-state index contributed by atoms with van der Waals surface area (Å²) in [6, 6.07) is 4.34. The van der Waals surface area contributed by atoms with Gasteiger partial charge in [0.05, 0.1) is 6.04 Å². The number of rotatable bonds is 3. The summed E-state index contributed by atoms with van der Waals surface area (Å²) in [5.41, 5.74) is 2.39. The SMILES string of the molecule is CC(=O)OC[C@@H](C)n1c(C)ccc1C. The number of carbonyl (C=O) groups excluding carboxylic acids is 1. The summed E-state index contributed by atoms with van der Waals surface area (Å²) in [6.07, 6.45) is 0. The summed E-state index contributed by atoms with van der Waals surface area (Å²) in [6.45, 7) is 8.02. The zero-order chi connectivity index (χ0) is 10.7. The molecule has 0 spiro atoms. The first-order valence-corrected chi connectivity index (χ1v) is 4.80. The zero-order valence-electron chi connectivity index (χ0n) is 9.20. The molecule has 0 saturated carbocycles. The third-order valence-electron chi connectivity index (χ3n) is 2.29. The van der Waals surface area contributed by atoms with Crippen LogP contribution in [0.15, 0.2) is 12.1 Å². The largest absolute Gasteiger partial charge is 0.464 e. The van der Waals surface area contributed by atoms with Crippen molar-refractivity contribution in [3.63, 3.8) is 0 Å². The van der Waals surface area contributed by atoms with Crippen molar-refractivity contribution in [2.24, 2.45) is 0 Å². The molecular formula is C11H17NO2. The van der Waals surface area contributed by atoms with E-state index in [0.717, 1.165) is 0 Å². The lowest BCUT2D eigenvalue weighted by Crippen LogP contribution is -2.16. The summed E-state index contributed by atoms with van der Waals surface area (Å²) in [7, 11) is 0. The summed E-state index contributed by atoms with van der Waals surface area (Å²) in [5.74, 6) is -0.223. The maximum absolute atomic E-state index is 10.7. The standard InChI is InChI=1S/C11H17NO2/c1-8-5-6-9(2)12(8)10(3)7-14-11(4)13/h5-6,10H,7H2,1-4H3/t10-/m1/s1. The Balaban J connectivity index is 2.69. The predicted octanol–water partition coefficient (Wildman–Crippen LogP) is 2.23. The molecule has 1 atom stereocenters. The van der Waals surface area contributed by atoms with Crippen LogP contribution < -0.4 is 0 Å². The Morgan fingerprint density at radius 1 is 1.43 bits per heavy atom. The van der Waals surface area contributed by atoms with Gasteiger partial charge in [0.1, 0.15) is 6.61 Å². The van der Waals surface area contributed by atoms with Crippen LogP contribution in [-0.4, -0.2) is 17.1 Å². The lowest BCUT2D eigenvalue weighted by atomic mass is 10.3. The van der Waals surface area contributed by atoms with Crippen molar-refractivity contribution in [1.29, 1.82) is 0 Å².